The summed E-state index contributed by atoms with van der Waals surface area (Å²) in [5.41, 5.74) is 7.10. The van der Waals surface area contributed by atoms with Crippen LogP contribution in [0.1, 0.15) is 12.5 Å². The number of H-pyrrole nitrogens is 1. The van der Waals surface area contributed by atoms with Crippen molar-refractivity contribution in [3.8, 4) is 11.5 Å². The van der Waals surface area contributed by atoms with Crippen molar-refractivity contribution in [2.75, 3.05) is 13.2 Å². The van der Waals surface area contributed by atoms with Crippen molar-refractivity contribution in [2.45, 2.75) is 19.4 Å². The summed E-state index contributed by atoms with van der Waals surface area (Å²) < 4.78 is 11.0. The minimum absolute atomic E-state index is 0.0456. The molecule has 0 fully saturated rings. The van der Waals surface area contributed by atoms with Crippen molar-refractivity contribution in [3.05, 3.63) is 34.1 Å². The molecule has 0 radical (unpaired) electrons. The van der Waals surface area contributed by atoms with E-state index in [2.05, 4.69) is 4.98 Å². The molecule has 5 heteroatoms. The average molecular weight is 260 g/mol. The van der Waals surface area contributed by atoms with Crippen LogP contribution in [0.5, 0.6) is 11.5 Å². The van der Waals surface area contributed by atoms with Crippen LogP contribution in [0.15, 0.2) is 23.0 Å². The molecule has 3 rings (SSSR count). The molecular weight excluding hydrogens is 244 g/mol. The predicted octanol–water partition coefficient (Wildman–Crippen LogP) is 1.19. The zero-order chi connectivity index (χ0) is 13.4. The smallest absolute Gasteiger partial charge is 0.251 e. The first kappa shape index (κ1) is 12.0. The number of aromatic amines is 1. The zero-order valence-corrected chi connectivity index (χ0v) is 10.7. The van der Waals surface area contributed by atoms with Gasteiger partial charge in [0.1, 0.15) is 13.2 Å². The van der Waals surface area contributed by atoms with Gasteiger partial charge < -0.3 is 20.2 Å². The van der Waals surface area contributed by atoms with E-state index in [4.69, 9.17) is 15.2 Å². The molecule has 1 unspecified atom stereocenters. The Morgan fingerprint density at radius 2 is 1.95 bits per heavy atom. The van der Waals surface area contributed by atoms with E-state index in [0.29, 0.717) is 30.9 Å². The Balaban J connectivity index is 2.14. The molecule has 1 aliphatic rings. The summed E-state index contributed by atoms with van der Waals surface area (Å²) in [4.78, 5) is 14.8. The minimum Gasteiger partial charge on any atom is -0.486 e. The van der Waals surface area contributed by atoms with E-state index >= 15 is 0 Å². The van der Waals surface area contributed by atoms with Gasteiger partial charge in [0.25, 0.3) is 5.56 Å². The number of aromatic nitrogens is 1. The van der Waals surface area contributed by atoms with Gasteiger partial charge in [0.15, 0.2) is 11.5 Å². The van der Waals surface area contributed by atoms with Gasteiger partial charge in [-0.3, -0.25) is 4.79 Å². The summed E-state index contributed by atoms with van der Waals surface area (Å²) in [6.45, 7) is 2.97. The van der Waals surface area contributed by atoms with Crippen LogP contribution in [0, 0.1) is 0 Å². The summed E-state index contributed by atoms with van der Waals surface area (Å²) >= 11 is 0. The van der Waals surface area contributed by atoms with E-state index in [0.717, 1.165) is 16.7 Å². The second-order valence-electron chi connectivity index (χ2n) is 4.89. The van der Waals surface area contributed by atoms with E-state index in [-0.39, 0.29) is 11.6 Å². The molecule has 0 saturated heterocycles. The van der Waals surface area contributed by atoms with Crippen LogP contribution in [-0.2, 0) is 6.42 Å². The summed E-state index contributed by atoms with van der Waals surface area (Å²) in [5, 5.41) is 0.930. The van der Waals surface area contributed by atoms with Crippen molar-refractivity contribution in [2.24, 2.45) is 5.73 Å². The fourth-order valence-electron chi connectivity index (χ4n) is 2.29. The Hall–Kier alpha value is -2.01. The maximum atomic E-state index is 12.0. The first-order chi connectivity index (χ1) is 9.13. The van der Waals surface area contributed by atoms with Crippen molar-refractivity contribution in [1.29, 1.82) is 0 Å². The van der Waals surface area contributed by atoms with Gasteiger partial charge in [-0.05, 0) is 25.5 Å². The van der Waals surface area contributed by atoms with Gasteiger partial charge in [-0.15, -0.1) is 0 Å². The molecule has 1 atom stereocenters. The Kier molecular flexibility index (Phi) is 2.91. The van der Waals surface area contributed by atoms with Crippen molar-refractivity contribution in [3.63, 3.8) is 0 Å². The molecule has 1 aromatic carbocycles. The Morgan fingerprint density at radius 1 is 1.26 bits per heavy atom. The quantitative estimate of drug-likeness (QED) is 0.850. The van der Waals surface area contributed by atoms with Crippen molar-refractivity contribution >= 4 is 10.9 Å². The second kappa shape index (κ2) is 4.59. The highest BCUT2D eigenvalue weighted by Crippen LogP contribution is 2.33. The predicted molar refractivity (Wildman–Crippen MR) is 72.9 cm³/mol. The molecule has 1 aliphatic heterocycles. The van der Waals surface area contributed by atoms with Crippen LogP contribution in [0.3, 0.4) is 0 Å². The number of fused-ring (bicyclic) bond motifs is 2. The number of rotatable bonds is 2. The second-order valence-corrected chi connectivity index (χ2v) is 4.89. The van der Waals surface area contributed by atoms with Crippen LogP contribution in [0.2, 0.25) is 0 Å². The molecule has 19 heavy (non-hydrogen) atoms. The number of nitrogens with one attached hydrogen (secondary N) is 1. The largest absolute Gasteiger partial charge is 0.486 e. The van der Waals surface area contributed by atoms with Gasteiger partial charge in [0, 0.05) is 23.1 Å². The van der Waals surface area contributed by atoms with Crippen LogP contribution >= 0.6 is 0 Å². The highest BCUT2D eigenvalue weighted by molar-refractivity contribution is 5.83. The molecule has 2 heterocycles. The third-order valence-corrected chi connectivity index (χ3v) is 3.13. The molecule has 3 N–H and O–H groups in total. The Bertz CT molecular complexity index is 676. The number of hydrogen-bond acceptors (Lipinski definition) is 4. The number of ether oxygens (including phenoxy) is 2. The number of benzene rings is 1. The first-order valence-corrected chi connectivity index (χ1v) is 6.34. The molecule has 0 bridgehead atoms. The van der Waals surface area contributed by atoms with Crippen LogP contribution < -0.4 is 20.8 Å². The first-order valence-electron chi connectivity index (χ1n) is 6.34. The lowest BCUT2D eigenvalue weighted by Gasteiger charge is -2.19. The highest BCUT2D eigenvalue weighted by atomic mass is 16.6. The molecule has 2 aromatic rings. The lowest BCUT2D eigenvalue weighted by atomic mass is 10.1. The molecule has 1 aromatic heterocycles. The van der Waals surface area contributed by atoms with Gasteiger partial charge in [-0.25, -0.2) is 0 Å². The number of nitrogens with two attached hydrogens (primary N) is 1. The van der Waals surface area contributed by atoms with Gasteiger partial charge in [-0.2, -0.15) is 0 Å². The maximum Gasteiger partial charge on any atom is 0.251 e. The molecule has 0 amide bonds. The molecule has 0 saturated carbocycles. The fraction of sp³-hybridized carbons (Fsp3) is 0.357. The van der Waals surface area contributed by atoms with Gasteiger partial charge in [0.05, 0.1) is 5.52 Å². The summed E-state index contributed by atoms with van der Waals surface area (Å²) in [6, 6.07) is 5.52. The SMILES string of the molecule is CC(N)Cc1cc2cc3c(cc2[nH]c1=O)OCCO3. The monoisotopic (exact) mass is 260 g/mol. The van der Waals surface area contributed by atoms with Crippen LogP contribution in [-0.4, -0.2) is 24.2 Å². The van der Waals surface area contributed by atoms with Gasteiger partial charge in [-0.1, -0.05) is 0 Å². The molecule has 0 aliphatic carbocycles. The third kappa shape index (κ3) is 2.29. The van der Waals surface area contributed by atoms with E-state index in [1.54, 1.807) is 6.07 Å². The van der Waals surface area contributed by atoms with E-state index in [9.17, 15) is 4.79 Å². The van der Waals surface area contributed by atoms with E-state index in [1.165, 1.54) is 0 Å². The van der Waals surface area contributed by atoms with Crippen LogP contribution in [0.4, 0.5) is 0 Å². The summed E-state index contributed by atoms with van der Waals surface area (Å²) in [5.74, 6) is 1.40. The zero-order valence-electron chi connectivity index (χ0n) is 10.7. The van der Waals surface area contributed by atoms with Gasteiger partial charge in [0.2, 0.25) is 0 Å². The standard InChI is InChI=1S/C14H16N2O3/c1-8(15)4-10-5-9-6-12-13(19-3-2-18-12)7-11(9)16-14(10)17/h5-8H,2-4,15H2,1H3,(H,16,17). The molecule has 5 nitrogen and oxygen atoms in total. The lowest BCUT2D eigenvalue weighted by Crippen LogP contribution is -2.23. The van der Waals surface area contributed by atoms with Crippen molar-refractivity contribution in [1.82, 2.24) is 4.98 Å². The lowest BCUT2D eigenvalue weighted by molar-refractivity contribution is 0.172. The maximum absolute atomic E-state index is 12.0. The topological polar surface area (TPSA) is 77.3 Å². The molecule has 100 valence electrons. The van der Waals surface area contributed by atoms with Crippen LogP contribution in [0.25, 0.3) is 10.9 Å². The average Bonchev–Trinajstić information content (AvgIpc) is 2.37. The molecule has 0 spiro atoms. The van der Waals surface area contributed by atoms with E-state index in [1.807, 2.05) is 19.1 Å². The number of hydrogen-bond donors (Lipinski definition) is 2. The van der Waals surface area contributed by atoms with Crippen molar-refractivity contribution < 1.29 is 9.47 Å². The summed E-state index contributed by atoms with van der Waals surface area (Å²) in [7, 11) is 0. The molecular formula is C14H16N2O3. The summed E-state index contributed by atoms with van der Waals surface area (Å²) in [6.07, 6.45) is 0.555. The van der Waals surface area contributed by atoms with E-state index < -0.39 is 0 Å². The van der Waals surface area contributed by atoms with Gasteiger partial charge >= 0.3 is 0 Å². The Morgan fingerprint density at radius 3 is 2.63 bits per heavy atom. The third-order valence-electron chi connectivity index (χ3n) is 3.13. The Labute approximate surface area is 110 Å². The highest BCUT2D eigenvalue weighted by Gasteiger charge is 2.14. The fourth-order valence-corrected chi connectivity index (χ4v) is 2.29. The minimum atomic E-state index is -0.0959. The normalized spacial score (nSPS) is 15.5. The number of pyridine rings is 1.